The van der Waals surface area contributed by atoms with Crippen LogP contribution in [0.15, 0.2) is 35.4 Å². The first kappa shape index (κ1) is 14.6. The number of aryl methyl sites for hydroxylation is 2. The highest BCUT2D eigenvalue weighted by atomic mass is 15.4. The summed E-state index contributed by atoms with van der Waals surface area (Å²) in [6, 6.07) is 11.3. The summed E-state index contributed by atoms with van der Waals surface area (Å²) in [7, 11) is 3.91. The first-order chi connectivity index (χ1) is 9.56. The zero-order valence-corrected chi connectivity index (χ0v) is 13.2. The maximum Gasteiger partial charge on any atom is 0.0646 e. The standard InChI is InChI=1S/C18H24N2/c1-6-14-8-9-15(7-2)18-12-16(10-11-17(14)18)13(3)19-20(4)5/h8-12H,6-7H2,1-5H3/b19-13+. The molecule has 0 heterocycles. The Kier molecular flexibility index (Phi) is 4.43. The molecule has 0 aromatic heterocycles. The van der Waals surface area contributed by atoms with Crippen LogP contribution in [-0.4, -0.2) is 24.8 Å². The molecule has 2 heteroatoms. The zero-order chi connectivity index (χ0) is 14.7. The predicted molar refractivity (Wildman–Crippen MR) is 88.6 cm³/mol. The number of benzene rings is 2. The average molecular weight is 268 g/mol. The van der Waals surface area contributed by atoms with Crippen LogP contribution in [0.25, 0.3) is 10.8 Å². The van der Waals surface area contributed by atoms with E-state index < -0.39 is 0 Å². The molecule has 0 unspecified atom stereocenters. The molecule has 0 fully saturated rings. The topological polar surface area (TPSA) is 15.6 Å². The SMILES string of the molecule is CCc1ccc(CC)c2cc(/C(C)=N/N(C)C)ccc12. The Hall–Kier alpha value is -1.83. The molecule has 20 heavy (non-hydrogen) atoms. The quantitative estimate of drug-likeness (QED) is 0.598. The van der Waals surface area contributed by atoms with E-state index in [0.29, 0.717) is 0 Å². The molecular weight excluding hydrogens is 244 g/mol. The maximum absolute atomic E-state index is 4.50. The molecule has 2 nitrogen and oxygen atoms in total. The second-order valence-electron chi connectivity index (χ2n) is 5.38. The summed E-state index contributed by atoms with van der Waals surface area (Å²) in [5, 5.41) is 9.11. The molecule has 2 aromatic carbocycles. The number of nitrogens with zero attached hydrogens (tertiary/aromatic N) is 2. The van der Waals surface area contributed by atoms with E-state index in [2.05, 4.69) is 56.2 Å². The van der Waals surface area contributed by atoms with Crippen molar-refractivity contribution in [2.75, 3.05) is 14.1 Å². The molecule has 2 aromatic rings. The van der Waals surface area contributed by atoms with Crippen LogP contribution in [0.2, 0.25) is 0 Å². The highest BCUT2D eigenvalue weighted by Crippen LogP contribution is 2.25. The number of hydrogen-bond donors (Lipinski definition) is 0. The van der Waals surface area contributed by atoms with Crippen molar-refractivity contribution in [3.05, 3.63) is 47.0 Å². The van der Waals surface area contributed by atoms with Crippen molar-refractivity contribution in [2.24, 2.45) is 5.10 Å². The van der Waals surface area contributed by atoms with Crippen LogP contribution in [0, 0.1) is 0 Å². The minimum absolute atomic E-state index is 1.06. The molecule has 0 spiro atoms. The third-order valence-electron chi connectivity index (χ3n) is 3.73. The van der Waals surface area contributed by atoms with Gasteiger partial charge in [-0.2, -0.15) is 5.10 Å². The average Bonchev–Trinajstić information content (AvgIpc) is 2.44. The lowest BCUT2D eigenvalue weighted by molar-refractivity contribution is 0.438. The van der Waals surface area contributed by atoms with E-state index in [4.69, 9.17) is 0 Å². The monoisotopic (exact) mass is 268 g/mol. The maximum atomic E-state index is 4.50. The van der Waals surface area contributed by atoms with Gasteiger partial charge in [0.1, 0.15) is 0 Å². The predicted octanol–water partition coefficient (Wildman–Crippen LogP) is 4.25. The van der Waals surface area contributed by atoms with Crippen molar-refractivity contribution < 1.29 is 0 Å². The second-order valence-corrected chi connectivity index (χ2v) is 5.38. The van der Waals surface area contributed by atoms with E-state index in [-0.39, 0.29) is 0 Å². The van der Waals surface area contributed by atoms with Crippen molar-refractivity contribution in [1.82, 2.24) is 5.01 Å². The van der Waals surface area contributed by atoms with Crippen LogP contribution in [0.1, 0.15) is 37.5 Å². The number of hydrogen-bond acceptors (Lipinski definition) is 2. The van der Waals surface area contributed by atoms with Crippen LogP contribution in [0.5, 0.6) is 0 Å². The number of rotatable bonds is 4. The van der Waals surface area contributed by atoms with Crippen molar-refractivity contribution >= 4 is 16.5 Å². The Morgan fingerprint density at radius 2 is 1.55 bits per heavy atom. The zero-order valence-electron chi connectivity index (χ0n) is 13.2. The number of fused-ring (bicyclic) bond motifs is 1. The highest BCUT2D eigenvalue weighted by molar-refractivity contribution is 6.02. The van der Waals surface area contributed by atoms with E-state index in [1.807, 2.05) is 19.1 Å². The van der Waals surface area contributed by atoms with E-state index in [1.165, 1.54) is 27.5 Å². The van der Waals surface area contributed by atoms with Crippen LogP contribution < -0.4 is 0 Å². The number of hydrazone groups is 1. The Balaban J connectivity index is 2.63. The largest absolute Gasteiger partial charge is 0.303 e. The van der Waals surface area contributed by atoms with E-state index in [9.17, 15) is 0 Å². The highest BCUT2D eigenvalue weighted by Gasteiger charge is 2.07. The van der Waals surface area contributed by atoms with Crippen LogP contribution in [0.4, 0.5) is 0 Å². The third kappa shape index (κ3) is 2.84. The van der Waals surface area contributed by atoms with Gasteiger partial charge in [0.25, 0.3) is 0 Å². The van der Waals surface area contributed by atoms with Gasteiger partial charge in [-0.15, -0.1) is 0 Å². The van der Waals surface area contributed by atoms with Crippen molar-refractivity contribution in [3.63, 3.8) is 0 Å². The molecule has 0 saturated heterocycles. The molecule has 0 bridgehead atoms. The Morgan fingerprint density at radius 1 is 0.950 bits per heavy atom. The Morgan fingerprint density at radius 3 is 2.10 bits per heavy atom. The fourth-order valence-corrected chi connectivity index (χ4v) is 2.67. The Labute approximate surface area is 122 Å². The van der Waals surface area contributed by atoms with Gasteiger partial charge in [0.05, 0.1) is 5.71 Å². The summed E-state index contributed by atoms with van der Waals surface area (Å²) < 4.78 is 0. The molecule has 0 radical (unpaired) electrons. The molecule has 0 aliphatic carbocycles. The lowest BCUT2D eigenvalue weighted by Gasteiger charge is -2.12. The summed E-state index contributed by atoms with van der Waals surface area (Å²) in [6.07, 6.45) is 2.14. The second kappa shape index (κ2) is 6.08. The van der Waals surface area contributed by atoms with Crippen LogP contribution >= 0.6 is 0 Å². The molecule has 0 N–H and O–H groups in total. The van der Waals surface area contributed by atoms with Crippen molar-refractivity contribution in [2.45, 2.75) is 33.6 Å². The summed E-state index contributed by atoms with van der Waals surface area (Å²) in [6.45, 7) is 6.50. The van der Waals surface area contributed by atoms with Gasteiger partial charge in [-0.25, -0.2) is 0 Å². The van der Waals surface area contributed by atoms with Crippen LogP contribution in [0.3, 0.4) is 0 Å². The van der Waals surface area contributed by atoms with Gasteiger partial charge in [-0.1, -0.05) is 38.1 Å². The van der Waals surface area contributed by atoms with E-state index in [0.717, 1.165) is 18.6 Å². The van der Waals surface area contributed by atoms with E-state index in [1.54, 1.807) is 0 Å². The van der Waals surface area contributed by atoms with Crippen molar-refractivity contribution in [1.29, 1.82) is 0 Å². The molecule has 0 aliphatic rings. The lowest BCUT2D eigenvalue weighted by atomic mass is 9.94. The summed E-state index contributed by atoms with van der Waals surface area (Å²) >= 11 is 0. The van der Waals surface area contributed by atoms with Gasteiger partial charge in [0.15, 0.2) is 0 Å². The molecular formula is C18H24N2. The molecule has 106 valence electrons. The molecule has 2 rings (SSSR count). The van der Waals surface area contributed by atoms with Gasteiger partial charge >= 0.3 is 0 Å². The summed E-state index contributed by atoms with van der Waals surface area (Å²) in [4.78, 5) is 0. The Bertz CT molecular complexity index is 639. The third-order valence-corrected chi connectivity index (χ3v) is 3.73. The molecule has 0 atom stereocenters. The van der Waals surface area contributed by atoms with Gasteiger partial charge < -0.3 is 5.01 Å². The molecule has 0 saturated carbocycles. The normalized spacial score (nSPS) is 11.9. The minimum Gasteiger partial charge on any atom is -0.303 e. The van der Waals surface area contributed by atoms with Gasteiger partial charge in [-0.05, 0) is 53.3 Å². The van der Waals surface area contributed by atoms with Gasteiger partial charge in [0.2, 0.25) is 0 Å². The first-order valence-electron chi connectivity index (χ1n) is 7.34. The first-order valence-corrected chi connectivity index (χ1v) is 7.34. The smallest absolute Gasteiger partial charge is 0.0646 e. The molecule has 0 aliphatic heterocycles. The fourth-order valence-electron chi connectivity index (χ4n) is 2.67. The fraction of sp³-hybridized carbons (Fsp3) is 0.389. The summed E-state index contributed by atoms with van der Waals surface area (Å²) in [5.74, 6) is 0. The lowest BCUT2D eigenvalue weighted by Crippen LogP contribution is -2.07. The summed E-state index contributed by atoms with van der Waals surface area (Å²) in [5.41, 5.74) is 5.10. The van der Waals surface area contributed by atoms with Crippen molar-refractivity contribution in [3.8, 4) is 0 Å². The van der Waals surface area contributed by atoms with Crippen LogP contribution in [-0.2, 0) is 12.8 Å². The minimum atomic E-state index is 1.06. The molecule has 0 amide bonds. The van der Waals surface area contributed by atoms with E-state index >= 15 is 0 Å². The van der Waals surface area contributed by atoms with Gasteiger partial charge in [-0.3, -0.25) is 0 Å². The van der Waals surface area contributed by atoms with Gasteiger partial charge in [0, 0.05) is 14.1 Å².